The van der Waals surface area contributed by atoms with E-state index in [1.165, 1.54) is 0 Å². The number of ether oxygens (including phenoxy) is 2. The number of nitrogens with one attached hydrogen (secondary N) is 1. The van der Waals surface area contributed by atoms with Crippen molar-refractivity contribution in [3.05, 3.63) is 54.1 Å². The van der Waals surface area contributed by atoms with Crippen LogP contribution >= 0.6 is 0 Å². The van der Waals surface area contributed by atoms with Crippen LogP contribution < -0.4 is 14.8 Å². The molecule has 0 fully saturated rings. The van der Waals surface area contributed by atoms with E-state index in [0.717, 1.165) is 36.4 Å². The quantitative estimate of drug-likeness (QED) is 0.743. The van der Waals surface area contributed by atoms with Crippen LogP contribution in [0.1, 0.15) is 25.3 Å². The molecule has 0 aromatic heterocycles. The second kappa shape index (κ2) is 8.83. The molecule has 122 valence electrons. The summed E-state index contributed by atoms with van der Waals surface area (Å²) in [5.41, 5.74) is 1.88. The van der Waals surface area contributed by atoms with E-state index in [2.05, 4.69) is 12.2 Å². The van der Waals surface area contributed by atoms with Crippen LogP contribution in [-0.4, -0.2) is 19.1 Å². The fraction of sp³-hybridized carbons (Fsp3) is 0.316. The highest BCUT2D eigenvalue weighted by atomic mass is 16.5. The highest BCUT2D eigenvalue weighted by Crippen LogP contribution is 2.18. The van der Waals surface area contributed by atoms with Gasteiger partial charge in [-0.25, -0.2) is 0 Å². The Morgan fingerprint density at radius 3 is 2.39 bits per heavy atom. The van der Waals surface area contributed by atoms with Crippen molar-refractivity contribution in [1.29, 1.82) is 0 Å². The molecule has 0 unspecified atom stereocenters. The number of hydrogen-bond donors (Lipinski definition) is 1. The van der Waals surface area contributed by atoms with E-state index in [9.17, 15) is 4.79 Å². The SMILES string of the molecule is CCCCOc1ccc(OCC(=O)Nc2cccc(C)c2)cc1. The van der Waals surface area contributed by atoms with Gasteiger partial charge in [0.1, 0.15) is 11.5 Å². The van der Waals surface area contributed by atoms with Crippen molar-refractivity contribution in [3.8, 4) is 11.5 Å². The summed E-state index contributed by atoms with van der Waals surface area (Å²) in [4.78, 5) is 11.9. The number of carbonyl (C=O) groups is 1. The van der Waals surface area contributed by atoms with E-state index >= 15 is 0 Å². The molecule has 0 saturated heterocycles. The lowest BCUT2D eigenvalue weighted by molar-refractivity contribution is -0.118. The molecule has 0 bridgehead atoms. The Morgan fingerprint density at radius 1 is 1.04 bits per heavy atom. The molecule has 2 aromatic rings. The van der Waals surface area contributed by atoms with Gasteiger partial charge in [0.05, 0.1) is 6.61 Å². The summed E-state index contributed by atoms with van der Waals surface area (Å²) in [6.45, 7) is 4.80. The highest BCUT2D eigenvalue weighted by molar-refractivity contribution is 5.91. The number of unbranched alkanes of at least 4 members (excludes halogenated alkanes) is 1. The standard InChI is InChI=1S/C19H23NO3/c1-3-4-12-22-17-8-10-18(11-9-17)23-14-19(21)20-16-7-5-6-15(2)13-16/h5-11,13H,3-4,12,14H2,1-2H3,(H,20,21). The van der Waals surface area contributed by atoms with Crippen LogP contribution in [0, 0.1) is 6.92 Å². The summed E-state index contributed by atoms with van der Waals surface area (Å²) >= 11 is 0. The van der Waals surface area contributed by atoms with Gasteiger partial charge < -0.3 is 14.8 Å². The van der Waals surface area contributed by atoms with Crippen LogP contribution in [0.3, 0.4) is 0 Å². The van der Waals surface area contributed by atoms with Gasteiger partial charge in [0.2, 0.25) is 0 Å². The molecule has 2 rings (SSSR count). The number of benzene rings is 2. The number of carbonyl (C=O) groups excluding carboxylic acids is 1. The number of hydrogen-bond acceptors (Lipinski definition) is 3. The maximum atomic E-state index is 11.9. The monoisotopic (exact) mass is 313 g/mol. The minimum atomic E-state index is -0.182. The third kappa shape index (κ3) is 6.02. The van der Waals surface area contributed by atoms with Gasteiger partial charge in [0, 0.05) is 5.69 Å². The Kier molecular flexibility index (Phi) is 6.48. The second-order valence-electron chi connectivity index (χ2n) is 5.38. The van der Waals surface area contributed by atoms with E-state index in [4.69, 9.17) is 9.47 Å². The van der Waals surface area contributed by atoms with Gasteiger partial charge in [0.25, 0.3) is 5.91 Å². The topological polar surface area (TPSA) is 47.6 Å². The maximum absolute atomic E-state index is 11.9. The van der Waals surface area contributed by atoms with Crippen LogP contribution in [-0.2, 0) is 4.79 Å². The Hall–Kier alpha value is -2.49. The molecule has 4 nitrogen and oxygen atoms in total. The number of amides is 1. The molecule has 2 aromatic carbocycles. The first-order valence-electron chi connectivity index (χ1n) is 7.89. The molecule has 0 atom stereocenters. The fourth-order valence-electron chi connectivity index (χ4n) is 2.04. The van der Waals surface area contributed by atoms with Crippen LogP contribution in [0.4, 0.5) is 5.69 Å². The minimum Gasteiger partial charge on any atom is -0.494 e. The summed E-state index contributed by atoms with van der Waals surface area (Å²) in [6.07, 6.45) is 2.15. The predicted octanol–water partition coefficient (Wildman–Crippen LogP) is 4.19. The van der Waals surface area contributed by atoms with Gasteiger partial charge in [0.15, 0.2) is 6.61 Å². The second-order valence-corrected chi connectivity index (χ2v) is 5.38. The molecule has 0 aliphatic heterocycles. The van der Waals surface area contributed by atoms with E-state index in [-0.39, 0.29) is 12.5 Å². The lowest BCUT2D eigenvalue weighted by Crippen LogP contribution is -2.20. The first kappa shape index (κ1) is 16.9. The van der Waals surface area contributed by atoms with Crippen molar-refractivity contribution in [2.24, 2.45) is 0 Å². The molecule has 0 heterocycles. The molecule has 0 aliphatic carbocycles. The average molecular weight is 313 g/mol. The number of rotatable bonds is 8. The molecule has 0 radical (unpaired) electrons. The summed E-state index contributed by atoms with van der Waals surface area (Å²) < 4.78 is 11.1. The molecule has 0 aliphatic rings. The fourth-order valence-corrected chi connectivity index (χ4v) is 2.04. The van der Waals surface area contributed by atoms with Crippen molar-refractivity contribution >= 4 is 11.6 Å². The lowest BCUT2D eigenvalue weighted by Gasteiger charge is -2.09. The number of aryl methyl sites for hydroxylation is 1. The Balaban J connectivity index is 1.77. The average Bonchev–Trinajstić information content (AvgIpc) is 2.54. The van der Waals surface area contributed by atoms with Gasteiger partial charge in [-0.2, -0.15) is 0 Å². The van der Waals surface area contributed by atoms with Gasteiger partial charge in [-0.15, -0.1) is 0 Å². The zero-order chi connectivity index (χ0) is 16.5. The highest BCUT2D eigenvalue weighted by Gasteiger charge is 2.04. The lowest BCUT2D eigenvalue weighted by atomic mass is 10.2. The summed E-state index contributed by atoms with van der Waals surface area (Å²) in [6, 6.07) is 15.0. The largest absolute Gasteiger partial charge is 0.494 e. The normalized spacial score (nSPS) is 10.2. The van der Waals surface area contributed by atoms with Gasteiger partial charge in [-0.1, -0.05) is 25.5 Å². The first-order valence-corrected chi connectivity index (χ1v) is 7.89. The van der Waals surface area contributed by atoms with Crippen molar-refractivity contribution in [3.63, 3.8) is 0 Å². The molecule has 0 saturated carbocycles. The predicted molar refractivity (Wildman–Crippen MR) is 92.1 cm³/mol. The molecule has 1 N–H and O–H groups in total. The van der Waals surface area contributed by atoms with Gasteiger partial charge in [-0.3, -0.25) is 4.79 Å². The maximum Gasteiger partial charge on any atom is 0.262 e. The Bertz CT molecular complexity index is 623. The Morgan fingerprint density at radius 2 is 1.74 bits per heavy atom. The van der Waals surface area contributed by atoms with Crippen LogP contribution in [0.2, 0.25) is 0 Å². The molecule has 4 heteroatoms. The van der Waals surface area contributed by atoms with E-state index < -0.39 is 0 Å². The summed E-state index contributed by atoms with van der Waals surface area (Å²) in [5, 5.41) is 2.81. The van der Waals surface area contributed by atoms with E-state index in [0.29, 0.717) is 5.75 Å². The van der Waals surface area contributed by atoms with Crippen molar-refractivity contribution in [1.82, 2.24) is 0 Å². The molecular weight excluding hydrogens is 290 g/mol. The van der Waals surface area contributed by atoms with Gasteiger partial charge in [-0.05, 0) is 55.3 Å². The van der Waals surface area contributed by atoms with Crippen LogP contribution in [0.15, 0.2) is 48.5 Å². The van der Waals surface area contributed by atoms with E-state index in [1.807, 2.05) is 43.3 Å². The van der Waals surface area contributed by atoms with Crippen LogP contribution in [0.25, 0.3) is 0 Å². The minimum absolute atomic E-state index is 0.0238. The van der Waals surface area contributed by atoms with Crippen molar-refractivity contribution in [2.45, 2.75) is 26.7 Å². The van der Waals surface area contributed by atoms with Crippen LogP contribution in [0.5, 0.6) is 11.5 Å². The smallest absolute Gasteiger partial charge is 0.262 e. The third-order valence-electron chi connectivity index (χ3n) is 3.26. The molecule has 0 spiro atoms. The van der Waals surface area contributed by atoms with Gasteiger partial charge >= 0.3 is 0 Å². The van der Waals surface area contributed by atoms with Crippen molar-refractivity contribution in [2.75, 3.05) is 18.5 Å². The zero-order valence-corrected chi connectivity index (χ0v) is 13.7. The third-order valence-corrected chi connectivity index (χ3v) is 3.26. The number of anilines is 1. The summed E-state index contributed by atoms with van der Waals surface area (Å²) in [5.74, 6) is 1.28. The molecule has 23 heavy (non-hydrogen) atoms. The first-order chi connectivity index (χ1) is 11.2. The van der Waals surface area contributed by atoms with E-state index in [1.54, 1.807) is 12.1 Å². The van der Waals surface area contributed by atoms with Crippen molar-refractivity contribution < 1.29 is 14.3 Å². The Labute approximate surface area is 137 Å². The summed E-state index contributed by atoms with van der Waals surface area (Å²) in [7, 11) is 0. The molecular formula is C19H23NO3. The zero-order valence-electron chi connectivity index (χ0n) is 13.7. The molecule has 1 amide bonds.